The van der Waals surface area contributed by atoms with E-state index in [0.717, 1.165) is 37.3 Å². The van der Waals surface area contributed by atoms with Crippen molar-refractivity contribution in [3.8, 4) is 5.69 Å². The maximum atomic E-state index is 10.4. The molecule has 0 radical (unpaired) electrons. The normalized spacial score (nSPS) is 22.8. The second kappa shape index (κ2) is 7.43. The van der Waals surface area contributed by atoms with Crippen molar-refractivity contribution in [1.29, 1.82) is 0 Å². The van der Waals surface area contributed by atoms with Crippen LogP contribution < -0.4 is 5.32 Å². The molecular weight excluding hydrogens is 326 g/mol. The molecule has 0 aliphatic heterocycles. The summed E-state index contributed by atoms with van der Waals surface area (Å²) in [6.45, 7) is 3.62. The smallest absolute Gasteiger partial charge is 0.0696 e. The Morgan fingerprint density at radius 3 is 2.69 bits per heavy atom. The van der Waals surface area contributed by atoms with Crippen molar-refractivity contribution < 1.29 is 5.11 Å². The lowest BCUT2D eigenvalue weighted by Crippen LogP contribution is -2.35. The van der Waals surface area contributed by atoms with Gasteiger partial charge in [-0.25, -0.2) is 4.68 Å². The summed E-state index contributed by atoms with van der Waals surface area (Å²) in [5.41, 5.74) is 3.28. The van der Waals surface area contributed by atoms with Gasteiger partial charge in [-0.2, -0.15) is 10.2 Å². The molecule has 0 amide bonds. The highest BCUT2D eigenvalue weighted by Gasteiger charge is 2.32. The summed E-state index contributed by atoms with van der Waals surface area (Å²) in [4.78, 5) is 0. The van der Waals surface area contributed by atoms with E-state index in [9.17, 15) is 5.11 Å². The van der Waals surface area contributed by atoms with Crippen molar-refractivity contribution in [2.75, 3.05) is 0 Å². The molecule has 6 heteroatoms. The minimum atomic E-state index is -0.290. The fourth-order valence-corrected chi connectivity index (χ4v) is 3.73. The zero-order valence-electron chi connectivity index (χ0n) is 15.0. The number of nitrogens with zero attached hydrogens (tertiary/aromatic N) is 4. The molecule has 2 N–H and O–H groups in total. The van der Waals surface area contributed by atoms with Crippen LogP contribution >= 0.6 is 0 Å². The van der Waals surface area contributed by atoms with E-state index in [1.165, 1.54) is 5.56 Å². The molecule has 2 aromatic heterocycles. The molecule has 0 bridgehead atoms. The molecule has 1 aliphatic carbocycles. The first kappa shape index (κ1) is 17.0. The van der Waals surface area contributed by atoms with Gasteiger partial charge in [0.05, 0.1) is 17.5 Å². The molecule has 6 nitrogen and oxygen atoms in total. The van der Waals surface area contributed by atoms with Crippen LogP contribution in [-0.4, -0.2) is 36.8 Å². The molecule has 0 saturated heterocycles. The SMILES string of the molecule is Cc1ccn(-c2ccc(CN[C@@H]3CC(Cn4cccn4)C[C@H]3O)cc2)n1. The van der Waals surface area contributed by atoms with Crippen LogP contribution in [0.25, 0.3) is 5.69 Å². The van der Waals surface area contributed by atoms with E-state index in [1.54, 1.807) is 6.20 Å². The van der Waals surface area contributed by atoms with Crippen LogP contribution in [-0.2, 0) is 13.1 Å². The number of hydrogen-bond donors (Lipinski definition) is 2. The standard InChI is InChI=1S/C20H25N5O/c1-15-7-10-25(23-15)18-5-3-16(4-6-18)13-21-19-11-17(12-20(19)26)14-24-9-2-8-22-24/h2-10,17,19-21,26H,11-14H2,1H3/t17?,19-,20-/m1/s1. The van der Waals surface area contributed by atoms with Gasteiger partial charge in [-0.05, 0) is 55.5 Å². The van der Waals surface area contributed by atoms with E-state index in [4.69, 9.17) is 0 Å². The van der Waals surface area contributed by atoms with Crippen molar-refractivity contribution >= 4 is 0 Å². The minimum absolute atomic E-state index is 0.143. The predicted octanol–water partition coefficient (Wildman–Crippen LogP) is 2.31. The van der Waals surface area contributed by atoms with Gasteiger partial charge in [0.15, 0.2) is 0 Å². The van der Waals surface area contributed by atoms with Crippen LogP contribution in [0.5, 0.6) is 0 Å². The van der Waals surface area contributed by atoms with Gasteiger partial charge in [0, 0.05) is 37.7 Å². The highest BCUT2D eigenvalue weighted by atomic mass is 16.3. The Balaban J connectivity index is 1.31. The van der Waals surface area contributed by atoms with Crippen LogP contribution in [0.4, 0.5) is 0 Å². The van der Waals surface area contributed by atoms with E-state index in [-0.39, 0.29) is 12.1 Å². The Labute approximate surface area is 153 Å². The first-order valence-electron chi connectivity index (χ1n) is 9.18. The number of aromatic nitrogens is 4. The molecule has 2 heterocycles. The van der Waals surface area contributed by atoms with Crippen LogP contribution in [0.3, 0.4) is 0 Å². The first-order chi connectivity index (χ1) is 12.7. The van der Waals surface area contributed by atoms with Crippen molar-refractivity contribution in [2.45, 2.75) is 45.0 Å². The van der Waals surface area contributed by atoms with Crippen molar-refractivity contribution in [2.24, 2.45) is 5.92 Å². The minimum Gasteiger partial charge on any atom is -0.391 e. The summed E-state index contributed by atoms with van der Waals surface area (Å²) in [6.07, 6.45) is 7.27. The maximum absolute atomic E-state index is 10.4. The van der Waals surface area contributed by atoms with Crippen molar-refractivity contribution in [1.82, 2.24) is 24.9 Å². The number of rotatable bonds is 6. The zero-order valence-corrected chi connectivity index (χ0v) is 15.0. The van der Waals surface area contributed by atoms with E-state index in [2.05, 4.69) is 39.8 Å². The van der Waals surface area contributed by atoms with Crippen LogP contribution in [0.15, 0.2) is 55.0 Å². The average Bonchev–Trinajstić information content (AvgIpc) is 3.37. The monoisotopic (exact) mass is 351 g/mol. The van der Waals surface area contributed by atoms with Gasteiger partial charge >= 0.3 is 0 Å². The molecule has 1 aliphatic rings. The predicted molar refractivity (Wildman–Crippen MR) is 99.9 cm³/mol. The number of nitrogens with one attached hydrogen (secondary N) is 1. The Morgan fingerprint density at radius 2 is 2.00 bits per heavy atom. The summed E-state index contributed by atoms with van der Waals surface area (Å²) in [6, 6.07) is 12.5. The van der Waals surface area contributed by atoms with Gasteiger partial charge in [-0.15, -0.1) is 0 Å². The number of aliphatic hydroxyl groups excluding tert-OH is 1. The summed E-state index contributed by atoms with van der Waals surface area (Å²) >= 11 is 0. The second-order valence-corrected chi connectivity index (χ2v) is 7.19. The zero-order chi connectivity index (χ0) is 17.9. The first-order valence-corrected chi connectivity index (χ1v) is 9.18. The Bertz CT molecular complexity index is 824. The highest BCUT2D eigenvalue weighted by Crippen LogP contribution is 2.27. The molecule has 3 aromatic rings. The number of hydrogen-bond acceptors (Lipinski definition) is 4. The third kappa shape index (κ3) is 3.86. The lowest BCUT2D eigenvalue weighted by molar-refractivity contribution is 0.145. The lowest BCUT2D eigenvalue weighted by Gasteiger charge is -2.16. The average molecular weight is 351 g/mol. The largest absolute Gasteiger partial charge is 0.391 e. The van der Waals surface area contributed by atoms with Gasteiger partial charge in [0.2, 0.25) is 0 Å². The van der Waals surface area contributed by atoms with Crippen LogP contribution in [0.2, 0.25) is 0 Å². The molecule has 1 unspecified atom stereocenters. The lowest BCUT2D eigenvalue weighted by atomic mass is 10.1. The number of benzene rings is 1. The number of aliphatic hydroxyl groups is 1. The highest BCUT2D eigenvalue weighted by molar-refractivity contribution is 5.34. The summed E-state index contributed by atoms with van der Waals surface area (Å²) in [5, 5.41) is 22.6. The van der Waals surface area contributed by atoms with Crippen LogP contribution in [0, 0.1) is 12.8 Å². The topological polar surface area (TPSA) is 67.9 Å². The molecule has 1 fully saturated rings. The summed E-state index contributed by atoms with van der Waals surface area (Å²) < 4.78 is 3.84. The van der Waals surface area contributed by atoms with E-state index in [0.29, 0.717) is 5.92 Å². The Kier molecular flexibility index (Phi) is 4.86. The second-order valence-electron chi connectivity index (χ2n) is 7.19. The molecule has 4 rings (SSSR count). The molecule has 136 valence electrons. The molecule has 1 saturated carbocycles. The fourth-order valence-electron chi connectivity index (χ4n) is 3.73. The van der Waals surface area contributed by atoms with Crippen molar-refractivity contribution in [3.63, 3.8) is 0 Å². The van der Waals surface area contributed by atoms with E-state index >= 15 is 0 Å². The van der Waals surface area contributed by atoms with Gasteiger partial charge in [-0.3, -0.25) is 4.68 Å². The van der Waals surface area contributed by atoms with Gasteiger partial charge in [-0.1, -0.05) is 12.1 Å². The van der Waals surface area contributed by atoms with Gasteiger partial charge in [0.25, 0.3) is 0 Å². The Morgan fingerprint density at radius 1 is 1.15 bits per heavy atom. The summed E-state index contributed by atoms with van der Waals surface area (Å²) in [7, 11) is 0. The third-order valence-electron chi connectivity index (χ3n) is 5.12. The molecular formula is C20H25N5O. The maximum Gasteiger partial charge on any atom is 0.0696 e. The molecule has 3 atom stereocenters. The van der Waals surface area contributed by atoms with Gasteiger partial charge in [0.1, 0.15) is 0 Å². The van der Waals surface area contributed by atoms with Gasteiger partial charge < -0.3 is 10.4 Å². The fraction of sp³-hybridized carbons (Fsp3) is 0.400. The Hall–Kier alpha value is -2.44. The third-order valence-corrected chi connectivity index (χ3v) is 5.12. The number of aryl methyl sites for hydroxylation is 1. The van der Waals surface area contributed by atoms with E-state index in [1.807, 2.05) is 40.8 Å². The summed E-state index contributed by atoms with van der Waals surface area (Å²) in [5.74, 6) is 0.466. The van der Waals surface area contributed by atoms with E-state index < -0.39 is 0 Å². The molecule has 26 heavy (non-hydrogen) atoms. The quantitative estimate of drug-likeness (QED) is 0.715. The van der Waals surface area contributed by atoms with Crippen molar-refractivity contribution in [3.05, 3.63) is 66.2 Å². The molecule has 1 aromatic carbocycles. The molecule has 0 spiro atoms. The van der Waals surface area contributed by atoms with Crippen LogP contribution in [0.1, 0.15) is 24.1 Å².